The minimum Gasteiger partial charge on any atom is -0.352 e. The first-order chi connectivity index (χ1) is 13.6. The van der Waals surface area contributed by atoms with Crippen LogP contribution in [0.3, 0.4) is 0 Å². The summed E-state index contributed by atoms with van der Waals surface area (Å²) < 4.78 is 0. The van der Waals surface area contributed by atoms with Crippen LogP contribution in [0.2, 0.25) is 0 Å². The Balaban J connectivity index is 1.50. The van der Waals surface area contributed by atoms with Crippen LogP contribution in [0.1, 0.15) is 43.7 Å². The summed E-state index contributed by atoms with van der Waals surface area (Å²) >= 11 is 0. The van der Waals surface area contributed by atoms with Crippen molar-refractivity contribution < 1.29 is 9.59 Å². The highest BCUT2D eigenvalue weighted by molar-refractivity contribution is 5.95. The second-order valence-electron chi connectivity index (χ2n) is 7.67. The lowest BCUT2D eigenvalue weighted by Gasteiger charge is -2.31. The van der Waals surface area contributed by atoms with Gasteiger partial charge < -0.3 is 10.2 Å². The molecule has 0 spiro atoms. The molecule has 0 bridgehead atoms. The first kappa shape index (κ1) is 20.1. The molecule has 4 heteroatoms. The number of hydrogen-bond donors (Lipinski definition) is 1. The van der Waals surface area contributed by atoms with Crippen LogP contribution in [-0.4, -0.2) is 18.4 Å². The first-order valence-corrected chi connectivity index (χ1v) is 10.3. The fraction of sp³-hybridized carbons (Fsp3) is 0.417. The molecule has 0 aliphatic heterocycles. The number of nitrogens with one attached hydrogen (secondary N) is 1. The van der Waals surface area contributed by atoms with Crippen LogP contribution in [0.5, 0.6) is 0 Å². The minimum atomic E-state index is 0.0145. The van der Waals surface area contributed by atoms with E-state index in [9.17, 15) is 9.59 Å². The fourth-order valence-electron chi connectivity index (χ4n) is 4.05. The van der Waals surface area contributed by atoms with Gasteiger partial charge >= 0.3 is 0 Å². The summed E-state index contributed by atoms with van der Waals surface area (Å²) in [5.74, 6) is 0.330. The SMILES string of the molecule is CCN(C(=O)C1CCC(C(=O)NCc2cccc(C)c2)CC1)c1ccccc1. The van der Waals surface area contributed by atoms with E-state index in [1.807, 2.05) is 54.3 Å². The van der Waals surface area contributed by atoms with E-state index in [1.54, 1.807) is 0 Å². The van der Waals surface area contributed by atoms with Crippen LogP contribution >= 0.6 is 0 Å². The Morgan fingerprint density at radius 2 is 1.64 bits per heavy atom. The molecule has 3 rings (SSSR count). The second kappa shape index (κ2) is 9.54. The number of nitrogens with zero attached hydrogens (tertiary/aromatic N) is 1. The van der Waals surface area contributed by atoms with E-state index in [-0.39, 0.29) is 23.7 Å². The summed E-state index contributed by atoms with van der Waals surface area (Å²) in [4.78, 5) is 27.4. The average Bonchev–Trinajstić information content (AvgIpc) is 2.73. The Bertz CT molecular complexity index is 795. The molecule has 1 aliphatic rings. The molecule has 2 aromatic carbocycles. The number of carbonyl (C=O) groups excluding carboxylic acids is 2. The Morgan fingerprint density at radius 1 is 0.964 bits per heavy atom. The molecule has 2 amide bonds. The van der Waals surface area contributed by atoms with Crippen molar-refractivity contribution >= 4 is 17.5 Å². The van der Waals surface area contributed by atoms with Gasteiger partial charge in [0.05, 0.1) is 0 Å². The Labute approximate surface area is 167 Å². The standard InChI is InChI=1S/C24H30N2O2/c1-3-26(22-10-5-4-6-11-22)24(28)21-14-12-20(13-15-21)23(27)25-17-19-9-7-8-18(2)16-19/h4-11,16,20-21H,3,12-15,17H2,1-2H3,(H,25,27). The predicted molar refractivity (Wildman–Crippen MR) is 113 cm³/mol. The lowest BCUT2D eigenvalue weighted by Crippen LogP contribution is -2.39. The summed E-state index contributed by atoms with van der Waals surface area (Å²) in [6, 6.07) is 18.0. The molecule has 1 N–H and O–H groups in total. The van der Waals surface area contributed by atoms with E-state index in [4.69, 9.17) is 0 Å². The van der Waals surface area contributed by atoms with Gasteiger partial charge in [-0.05, 0) is 57.2 Å². The maximum atomic E-state index is 13.0. The van der Waals surface area contributed by atoms with Crippen molar-refractivity contribution in [1.82, 2.24) is 5.32 Å². The molecule has 0 saturated heterocycles. The third kappa shape index (κ3) is 5.00. The number of carbonyl (C=O) groups is 2. The Morgan fingerprint density at radius 3 is 2.29 bits per heavy atom. The molecular weight excluding hydrogens is 348 g/mol. The van der Waals surface area contributed by atoms with Gasteiger partial charge in [-0.15, -0.1) is 0 Å². The third-order valence-electron chi connectivity index (χ3n) is 5.65. The number of para-hydroxylation sites is 1. The van der Waals surface area contributed by atoms with E-state index in [0.29, 0.717) is 13.1 Å². The highest BCUT2D eigenvalue weighted by atomic mass is 16.2. The molecule has 0 aromatic heterocycles. The topological polar surface area (TPSA) is 49.4 Å². The van der Waals surface area contributed by atoms with Gasteiger partial charge in [-0.25, -0.2) is 0 Å². The van der Waals surface area contributed by atoms with E-state index in [1.165, 1.54) is 5.56 Å². The lowest BCUT2D eigenvalue weighted by atomic mass is 9.80. The van der Waals surface area contributed by atoms with Crippen molar-refractivity contribution in [3.8, 4) is 0 Å². The molecule has 0 atom stereocenters. The first-order valence-electron chi connectivity index (χ1n) is 10.3. The van der Waals surface area contributed by atoms with Gasteiger partial charge in [0.15, 0.2) is 0 Å². The minimum absolute atomic E-state index is 0.0145. The van der Waals surface area contributed by atoms with Crippen LogP contribution in [0, 0.1) is 18.8 Å². The number of anilines is 1. The molecular formula is C24H30N2O2. The summed E-state index contributed by atoms with van der Waals surface area (Å²) in [6.07, 6.45) is 3.13. The number of aryl methyl sites for hydroxylation is 1. The Kier molecular flexibility index (Phi) is 6.85. The van der Waals surface area contributed by atoms with E-state index >= 15 is 0 Å². The normalized spacial score (nSPS) is 19.1. The molecule has 28 heavy (non-hydrogen) atoms. The van der Waals surface area contributed by atoms with Gasteiger partial charge in [-0.2, -0.15) is 0 Å². The molecule has 2 aromatic rings. The highest BCUT2D eigenvalue weighted by Crippen LogP contribution is 2.31. The zero-order chi connectivity index (χ0) is 19.9. The van der Waals surface area contributed by atoms with Gasteiger partial charge in [-0.1, -0.05) is 48.0 Å². The van der Waals surface area contributed by atoms with Gasteiger partial charge in [-0.3, -0.25) is 9.59 Å². The van der Waals surface area contributed by atoms with Crippen molar-refractivity contribution in [1.29, 1.82) is 0 Å². The molecule has 0 unspecified atom stereocenters. The zero-order valence-corrected chi connectivity index (χ0v) is 16.9. The van der Waals surface area contributed by atoms with Crippen molar-refractivity contribution in [2.45, 2.75) is 46.1 Å². The number of hydrogen-bond acceptors (Lipinski definition) is 2. The summed E-state index contributed by atoms with van der Waals surface area (Å²) in [6.45, 7) is 5.30. The largest absolute Gasteiger partial charge is 0.352 e. The fourth-order valence-corrected chi connectivity index (χ4v) is 4.05. The van der Waals surface area contributed by atoms with Crippen molar-refractivity contribution in [3.63, 3.8) is 0 Å². The van der Waals surface area contributed by atoms with Crippen molar-refractivity contribution in [3.05, 3.63) is 65.7 Å². The molecule has 4 nitrogen and oxygen atoms in total. The van der Waals surface area contributed by atoms with Crippen molar-refractivity contribution in [2.24, 2.45) is 11.8 Å². The maximum Gasteiger partial charge on any atom is 0.230 e. The van der Waals surface area contributed by atoms with Gasteiger partial charge in [0.25, 0.3) is 0 Å². The number of amides is 2. The highest BCUT2D eigenvalue weighted by Gasteiger charge is 2.32. The Hall–Kier alpha value is -2.62. The molecule has 148 valence electrons. The summed E-state index contributed by atoms with van der Waals surface area (Å²) in [5.41, 5.74) is 3.27. The molecule has 0 radical (unpaired) electrons. The van der Waals surface area contributed by atoms with Crippen LogP contribution in [0.25, 0.3) is 0 Å². The van der Waals surface area contributed by atoms with E-state index < -0.39 is 0 Å². The van der Waals surface area contributed by atoms with Gasteiger partial charge in [0, 0.05) is 30.6 Å². The summed E-state index contributed by atoms with van der Waals surface area (Å²) in [7, 11) is 0. The monoisotopic (exact) mass is 378 g/mol. The predicted octanol–water partition coefficient (Wildman–Crippen LogP) is 4.47. The van der Waals surface area contributed by atoms with E-state index in [2.05, 4.69) is 24.4 Å². The molecule has 1 aliphatic carbocycles. The van der Waals surface area contributed by atoms with Gasteiger partial charge in [0.2, 0.25) is 11.8 Å². The smallest absolute Gasteiger partial charge is 0.230 e. The van der Waals surface area contributed by atoms with Crippen LogP contribution < -0.4 is 10.2 Å². The van der Waals surface area contributed by atoms with Crippen molar-refractivity contribution in [2.75, 3.05) is 11.4 Å². The quantitative estimate of drug-likeness (QED) is 0.806. The van der Waals surface area contributed by atoms with E-state index in [0.717, 1.165) is 36.9 Å². The summed E-state index contributed by atoms with van der Waals surface area (Å²) in [5, 5.41) is 3.07. The average molecular weight is 379 g/mol. The molecule has 1 saturated carbocycles. The second-order valence-corrected chi connectivity index (χ2v) is 7.67. The molecule has 0 heterocycles. The number of rotatable bonds is 6. The van der Waals surface area contributed by atoms with Crippen LogP contribution in [0.4, 0.5) is 5.69 Å². The van der Waals surface area contributed by atoms with Crippen LogP contribution in [-0.2, 0) is 16.1 Å². The van der Waals surface area contributed by atoms with Gasteiger partial charge in [0.1, 0.15) is 0 Å². The maximum absolute atomic E-state index is 13.0. The lowest BCUT2D eigenvalue weighted by molar-refractivity contribution is -0.129. The zero-order valence-electron chi connectivity index (χ0n) is 16.9. The van der Waals surface area contributed by atoms with Crippen LogP contribution in [0.15, 0.2) is 54.6 Å². The third-order valence-corrected chi connectivity index (χ3v) is 5.65. The molecule has 1 fully saturated rings. The number of benzene rings is 2.